The standard InChI is InChI=1S/C14H18ClN3/c1-12-16-8-10-18(12)11-9-17-14-4-2-13(3-5-14)6-7-15/h2-5,8,10,17H,6-7,9,11H2,1H3. The Morgan fingerprint density at radius 2 is 2.06 bits per heavy atom. The first-order valence-corrected chi connectivity index (χ1v) is 6.69. The van der Waals surface area contributed by atoms with Gasteiger partial charge in [-0.2, -0.15) is 0 Å². The molecule has 3 nitrogen and oxygen atoms in total. The maximum atomic E-state index is 5.71. The third kappa shape index (κ3) is 3.50. The predicted molar refractivity (Wildman–Crippen MR) is 76.3 cm³/mol. The van der Waals surface area contributed by atoms with Crippen LogP contribution in [0.25, 0.3) is 0 Å². The fraction of sp³-hybridized carbons (Fsp3) is 0.357. The van der Waals surface area contributed by atoms with Crippen molar-refractivity contribution in [2.75, 3.05) is 17.7 Å². The topological polar surface area (TPSA) is 29.9 Å². The van der Waals surface area contributed by atoms with Gasteiger partial charge in [-0.3, -0.25) is 0 Å². The summed E-state index contributed by atoms with van der Waals surface area (Å²) in [5.41, 5.74) is 2.42. The fourth-order valence-electron chi connectivity index (χ4n) is 1.86. The maximum Gasteiger partial charge on any atom is 0.105 e. The van der Waals surface area contributed by atoms with E-state index >= 15 is 0 Å². The second-order valence-electron chi connectivity index (χ2n) is 4.23. The number of nitrogens with zero attached hydrogens (tertiary/aromatic N) is 2. The van der Waals surface area contributed by atoms with Gasteiger partial charge in [0.15, 0.2) is 0 Å². The minimum absolute atomic E-state index is 0.673. The van der Waals surface area contributed by atoms with Gasteiger partial charge < -0.3 is 9.88 Å². The maximum absolute atomic E-state index is 5.71. The number of hydrogen-bond acceptors (Lipinski definition) is 2. The first kappa shape index (κ1) is 13.0. The highest BCUT2D eigenvalue weighted by molar-refractivity contribution is 6.17. The molecule has 1 aromatic heterocycles. The number of rotatable bonds is 6. The monoisotopic (exact) mass is 263 g/mol. The molecule has 0 aliphatic heterocycles. The van der Waals surface area contributed by atoms with Gasteiger partial charge in [-0.1, -0.05) is 12.1 Å². The number of anilines is 1. The van der Waals surface area contributed by atoms with Crippen LogP contribution < -0.4 is 5.32 Å². The van der Waals surface area contributed by atoms with Crippen LogP contribution in [0.15, 0.2) is 36.7 Å². The zero-order valence-electron chi connectivity index (χ0n) is 10.6. The van der Waals surface area contributed by atoms with Crippen LogP contribution in [0.4, 0.5) is 5.69 Å². The van der Waals surface area contributed by atoms with Crippen molar-refractivity contribution in [3.8, 4) is 0 Å². The van der Waals surface area contributed by atoms with Gasteiger partial charge in [0, 0.05) is 37.1 Å². The molecular weight excluding hydrogens is 246 g/mol. The van der Waals surface area contributed by atoms with Crippen molar-refractivity contribution >= 4 is 17.3 Å². The lowest BCUT2D eigenvalue weighted by Gasteiger charge is -2.09. The predicted octanol–water partition coefficient (Wildman–Crippen LogP) is 3.08. The Morgan fingerprint density at radius 1 is 1.28 bits per heavy atom. The van der Waals surface area contributed by atoms with Crippen molar-refractivity contribution in [3.63, 3.8) is 0 Å². The van der Waals surface area contributed by atoms with Crippen LogP contribution in [0.5, 0.6) is 0 Å². The van der Waals surface area contributed by atoms with Crippen molar-refractivity contribution in [2.24, 2.45) is 0 Å². The van der Waals surface area contributed by atoms with Crippen LogP contribution in [-0.2, 0) is 13.0 Å². The molecule has 1 heterocycles. The summed E-state index contributed by atoms with van der Waals surface area (Å²) < 4.78 is 2.13. The Labute approximate surface area is 113 Å². The summed E-state index contributed by atoms with van der Waals surface area (Å²) in [6, 6.07) is 8.44. The molecule has 0 spiro atoms. The lowest BCUT2D eigenvalue weighted by Crippen LogP contribution is -2.10. The quantitative estimate of drug-likeness (QED) is 0.812. The average Bonchev–Trinajstić information content (AvgIpc) is 2.78. The molecule has 2 rings (SSSR count). The van der Waals surface area contributed by atoms with Gasteiger partial charge in [-0.25, -0.2) is 4.98 Å². The highest BCUT2D eigenvalue weighted by Crippen LogP contribution is 2.10. The molecule has 0 saturated heterocycles. The van der Waals surface area contributed by atoms with E-state index in [1.54, 1.807) is 0 Å². The van der Waals surface area contributed by atoms with Crippen LogP contribution >= 0.6 is 11.6 Å². The SMILES string of the molecule is Cc1nccn1CCNc1ccc(CCCl)cc1. The smallest absolute Gasteiger partial charge is 0.105 e. The Balaban J connectivity index is 1.81. The highest BCUT2D eigenvalue weighted by atomic mass is 35.5. The number of aryl methyl sites for hydroxylation is 2. The van der Waals surface area contributed by atoms with E-state index in [4.69, 9.17) is 11.6 Å². The van der Waals surface area contributed by atoms with Crippen LogP contribution in [0, 0.1) is 6.92 Å². The zero-order valence-corrected chi connectivity index (χ0v) is 11.3. The zero-order chi connectivity index (χ0) is 12.8. The van der Waals surface area contributed by atoms with E-state index in [0.717, 1.165) is 31.0 Å². The summed E-state index contributed by atoms with van der Waals surface area (Å²) in [5.74, 6) is 1.72. The molecule has 4 heteroatoms. The normalized spacial score (nSPS) is 10.6. The number of alkyl halides is 1. The summed E-state index contributed by atoms with van der Waals surface area (Å²) in [6.07, 6.45) is 4.76. The highest BCUT2D eigenvalue weighted by Gasteiger charge is 1.97. The largest absolute Gasteiger partial charge is 0.383 e. The minimum Gasteiger partial charge on any atom is -0.383 e. The van der Waals surface area contributed by atoms with Gasteiger partial charge in [0.05, 0.1) is 0 Å². The molecule has 0 aliphatic carbocycles. The lowest BCUT2D eigenvalue weighted by molar-refractivity contribution is 0.701. The molecule has 0 radical (unpaired) electrons. The van der Waals surface area contributed by atoms with E-state index in [1.165, 1.54) is 5.56 Å². The molecule has 0 bridgehead atoms. The van der Waals surface area contributed by atoms with E-state index in [1.807, 2.05) is 19.3 Å². The van der Waals surface area contributed by atoms with Gasteiger partial charge in [0.2, 0.25) is 0 Å². The van der Waals surface area contributed by atoms with Gasteiger partial charge in [-0.15, -0.1) is 11.6 Å². The molecule has 18 heavy (non-hydrogen) atoms. The fourth-order valence-corrected chi connectivity index (χ4v) is 2.08. The number of nitrogens with one attached hydrogen (secondary N) is 1. The summed E-state index contributed by atoms with van der Waals surface area (Å²) in [5, 5.41) is 3.40. The van der Waals surface area contributed by atoms with Gasteiger partial charge in [-0.05, 0) is 31.0 Å². The number of benzene rings is 1. The van der Waals surface area contributed by atoms with Crippen molar-refractivity contribution in [1.29, 1.82) is 0 Å². The second kappa shape index (κ2) is 6.45. The molecule has 1 aromatic carbocycles. The first-order valence-electron chi connectivity index (χ1n) is 6.16. The van der Waals surface area contributed by atoms with Gasteiger partial charge in [0.25, 0.3) is 0 Å². The van der Waals surface area contributed by atoms with Crippen LogP contribution in [0.3, 0.4) is 0 Å². The van der Waals surface area contributed by atoms with E-state index in [-0.39, 0.29) is 0 Å². The molecule has 2 aromatic rings. The second-order valence-corrected chi connectivity index (χ2v) is 4.61. The third-order valence-electron chi connectivity index (χ3n) is 2.94. The molecular formula is C14H18ClN3. The van der Waals surface area contributed by atoms with Crippen molar-refractivity contribution in [2.45, 2.75) is 19.9 Å². The number of imidazole rings is 1. The summed E-state index contributed by atoms with van der Waals surface area (Å²) >= 11 is 5.71. The summed E-state index contributed by atoms with van der Waals surface area (Å²) in [6.45, 7) is 3.84. The molecule has 0 unspecified atom stereocenters. The van der Waals surface area contributed by atoms with Crippen molar-refractivity contribution in [3.05, 3.63) is 48.0 Å². The summed E-state index contributed by atoms with van der Waals surface area (Å²) in [4.78, 5) is 4.20. The number of aromatic nitrogens is 2. The number of halogens is 1. The Kier molecular flexibility index (Phi) is 4.65. The van der Waals surface area contributed by atoms with E-state index in [2.05, 4.69) is 39.1 Å². The Morgan fingerprint density at radius 3 is 2.67 bits per heavy atom. The summed E-state index contributed by atoms with van der Waals surface area (Å²) in [7, 11) is 0. The van der Waals surface area contributed by atoms with E-state index in [0.29, 0.717) is 5.88 Å². The van der Waals surface area contributed by atoms with Crippen LogP contribution in [0.1, 0.15) is 11.4 Å². The Hall–Kier alpha value is -1.48. The first-order chi connectivity index (χ1) is 8.79. The molecule has 0 fully saturated rings. The molecule has 1 N–H and O–H groups in total. The minimum atomic E-state index is 0.673. The van der Waals surface area contributed by atoms with Crippen molar-refractivity contribution in [1.82, 2.24) is 9.55 Å². The van der Waals surface area contributed by atoms with E-state index in [9.17, 15) is 0 Å². The molecule has 0 atom stereocenters. The number of hydrogen-bond donors (Lipinski definition) is 1. The molecule has 96 valence electrons. The lowest BCUT2D eigenvalue weighted by atomic mass is 10.1. The third-order valence-corrected chi connectivity index (χ3v) is 3.13. The van der Waals surface area contributed by atoms with E-state index < -0.39 is 0 Å². The van der Waals surface area contributed by atoms with Crippen LogP contribution in [0.2, 0.25) is 0 Å². The van der Waals surface area contributed by atoms with Gasteiger partial charge >= 0.3 is 0 Å². The van der Waals surface area contributed by atoms with Crippen molar-refractivity contribution < 1.29 is 0 Å². The Bertz CT molecular complexity index is 476. The molecule has 0 saturated carbocycles. The molecule has 0 amide bonds. The average molecular weight is 264 g/mol. The van der Waals surface area contributed by atoms with Crippen LogP contribution in [-0.4, -0.2) is 22.0 Å². The molecule has 0 aliphatic rings. The van der Waals surface area contributed by atoms with Gasteiger partial charge in [0.1, 0.15) is 5.82 Å².